The molecule has 4 rings (SSSR count). The van der Waals surface area contributed by atoms with E-state index in [2.05, 4.69) is 15.6 Å². The summed E-state index contributed by atoms with van der Waals surface area (Å²) in [5, 5.41) is 15.9. The number of carbonyl (C=O) groups is 1. The van der Waals surface area contributed by atoms with Gasteiger partial charge in [0.2, 0.25) is 5.91 Å². The predicted octanol–water partition coefficient (Wildman–Crippen LogP) is 3.60. The van der Waals surface area contributed by atoms with Crippen LogP contribution < -0.4 is 15.4 Å². The van der Waals surface area contributed by atoms with Crippen LogP contribution in [0.2, 0.25) is 0 Å². The smallest absolute Gasteiger partial charge is 0.416 e. The van der Waals surface area contributed by atoms with Gasteiger partial charge in [0.25, 0.3) is 0 Å². The molecule has 1 aliphatic heterocycles. The molecule has 3 N–H and O–H groups in total. The molecular weight excluding hydrogens is 511 g/mol. The lowest BCUT2D eigenvalue weighted by Gasteiger charge is -2.36. The van der Waals surface area contributed by atoms with Gasteiger partial charge in [-0.25, -0.2) is 8.42 Å². The third-order valence-corrected chi connectivity index (χ3v) is 8.64. The number of aromatic nitrogens is 1. The average molecular weight is 536 g/mol. The van der Waals surface area contributed by atoms with Crippen LogP contribution in [0, 0.1) is 0 Å². The van der Waals surface area contributed by atoms with Crippen LogP contribution in [0.1, 0.15) is 30.3 Å². The number of piperidine rings is 1. The van der Waals surface area contributed by atoms with Crippen LogP contribution in [-0.4, -0.2) is 42.3 Å². The van der Waals surface area contributed by atoms with Gasteiger partial charge >= 0.3 is 6.18 Å². The van der Waals surface area contributed by atoms with Gasteiger partial charge in [0.05, 0.1) is 16.2 Å². The molecule has 2 aromatic carbocycles. The van der Waals surface area contributed by atoms with Gasteiger partial charge in [-0.2, -0.15) is 13.2 Å². The molecule has 1 amide bonds. The number of carbonyl (C=O) groups excluding carboxylic acids is 1. The van der Waals surface area contributed by atoms with Crippen molar-refractivity contribution >= 4 is 15.7 Å². The standard InChI is InChI=1S/C25H24F3N3O5S/c26-25(27,28)17-4-6-18(7-5-17)36-19-8-10-20(11-9-19)37(34,35)24(12-15-29-16-13-24)23(33)31-22(32)21-3-1-2-14-30-21/h1-11,14,22,29,32H,12-13,15-16H2,(H,31,33). The summed E-state index contributed by atoms with van der Waals surface area (Å²) in [6.45, 7) is 0.558. The zero-order chi connectivity index (χ0) is 26.7. The van der Waals surface area contributed by atoms with E-state index in [4.69, 9.17) is 4.74 Å². The SMILES string of the molecule is O=C(NC(O)c1ccccn1)C1(S(=O)(=O)c2ccc(Oc3ccc(C(F)(F)F)cc3)cc2)CCNCC1. The molecule has 1 aromatic heterocycles. The summed E-state index contributed by atoms with van der Waals surface area (Å²) < 4.78 is 69.4. The van der Waals surface area contributed by atoms with Crippen molar-refractivity contribution < 1.29 is 36.2 Å². The zero-order valence-corrected chi connectivity index (χ0v) is 20.2. The van der Waals surface area contributed by atoms with Crippen molar-refractivity contribution in [2.75, 3.05) is 13.1 Å². The molecule has 1 fully saturated rings. The van der Waals surface area contributed by atoms with E-state index in [0.717, 1.165) is 24.3 Å². The van der Waals surface area contributed by atoms with Crippen LogP contribution >= 0.6 is 0 Å². The lowest BCUT2D eigenvalue weighted by atomic mass is 9.95. The molecule has 3 aromatic rings. The number of benzene rings is 2. The maximum atomic E-state index is 13.7. The Bertz CT molecular complexity index is 1330. The van der Waals surface area contributed by atoms with Crippen molar-refractivity contribution in [1.29, 1.82) is 0 Å². The van der Waals surface area contributed by atoms with E-state index in [1.54, 1.807) is 12.1 Å². The summed E-state index contributed by atoms with van der Waals surface area (Å²) in [5.41, 5.74) is -0.651. The minimum Gasteiger partial charge on any atom is -0.457 e. The molecule has 196 valence electrons. The van der Waals surface area contributed by atoms with Crippen molar-refractivity contribution in [1.82, 2.24) is 15.6 Å². The van der Waals surface area contributed by atoms with E-state index >= 15 is 0 Å². The van der Waals surface area contributed by atoms with Crippen LogP contribution in [0.25, 0.3) is 0 Å². The highest BCUT2D eigenvalue weighted by Gasteiger charge is 2.52. The third-order valence-electron chi connectivity index (χ3n) is 6.13. The second-order valence-corrected chi connectivity index (χ2v) is 10.7. The molecule has 1 atom stereocenters. The second kappa shape index (κ2) is 10.5. The number of amides is 1. The van der Waals surface area contributed by atoms with Crippen molar-refractivity contribution in [2.45, 2.75) is 34.9 Å². The summed E-state index contributed by atoms with van der Waals surface area (Å²) in [6, 6.07) is 14.1. The maximum absolute atomic E-state index is 13.7. The molecule has 37 heavy (non-hydrogen) atoms. The molecule has 1 unspecified atom stereocenters. The van der Waals surface area contributed by atoms with Gasteiger partial charge in [0.15, 0.2) is 20.8 Å². The largest absolute Gasteiger partial charge is 0.457 e. The van der Waals surface area contributed by atoms with Crippen molar-refractivity contribution in [3.8, 4) is 11.5 Å². The fraction of sp³-hybridized carbons (Fsp3) is 0.280. The number of aliphatic hydroxyl groups is 1. The van der Waals surface area contributed by atoms with E-state index in [1.807, 2.05) is 0 Å². The van der Waals surface area contributed by atoms with Crippen LogP contribution in [0.3, 0.4) is 0 Å². The number of halogens is 3. The number of nitrogens with zero attached hydrogens (tertiary/aromatic N) is 1. The van der Waals surface area contributed by atoms with Crippen LogP contribution in [-0.2, 0) is 20.8 Å². The highest BCUT2D eigenvalue weighted by Crippen LogP contribution is 2.36. The Morgan fingerprint density at radius 2 is 1.59 bits per heavy atom. The molecule has 0 bridgehead atoms. The molecule has 0 saturated carbocycles. The van der Waals surface area contributed by atoms with Gasteiger partial charge in [-0.05, 0) is 86.6 Å². The number of hydrogen-bond acceptors (Lipinski definition) is 7. The normalized spacial score (nSPS) is 16.5. The predicted molar refractivity (Wildman–Crippen MR) is 127 cm³/mol. The Kier molecular flexibility index (Phi) is 7.53. The molecule has 1 saturated heterocycles. The van der Waals surface area contributed by atoms with Gasteiger partial charge in [-0.3, -0.25) is 9.78 Å². The van der Waals surface area contributed by atoms with E-state index in [9.17, 15) is 31.5 Å². The molecule has 1 aliphatic rings. The summed E-state index contributed by atoms with van der Waals surface area (Å²) in [6.07, 6.45) is -4.55. The summed E-state index contributed by atoms with van der Waals surface area (Å²) in [4.78, 5) is 17.2. The lowest BCUT2D eigenvalue weighted by molar-refractivity contribution is -0.137. The summed E-state index contributed by atoms with van der Waals surface area (Å²) in [5.74, 6) is -0.494. The quantitative estimate of drug-likeness (QED) is 0.396. The lowest BCUT2D eigenvalue weighted by Crippen LogP contribution is -2.58. The maximum Gasteiger partial charge on any atom is 0.416 e. The number of nitrogens with one attached hydrogen (secondary N) is 2. The summed E-state index contributed by atoms with van der Waals surface area (Å²) >= 11 is 0. The first-order valence-electron chi connectivity index (χ1n) is 11.3. The van der Waals surface area contributed by atoms with Gasteiger partial charge in [-0.15, -0.1) is 0 Å². The Morgan fingerprint density at radius 3 is 2.14 bits per heavy atom. The number of hydrogen-bond donors (Lipinski definition) is 3. The monoisotopic (exact) mass is 535 g/mol. The number of rotatable bonds is 7. The Hall–Kier alpha value is -3.48. The Labute approximate surface area is 211 Å². The number of ether oxygens (including phenoxy) is 1. The molecule has 12 heteroatoms. The molecule has 0 radical (unpaired) electrons. The fourth-order valence-corrected chi connectivity index (χ4v) is 6.07. The average Bonchev–Trinajstić information content (AvgIpc) is 2.89. The van der Waals surface area contributed by atoms with Crippen molar-refractivity contribution in [3.63, 3.8) is 0 Å². The molecule has 2 heterocycles. The topological polar surface area (TPSA) is 118 Å². The first kappa shape index (κ1) is 26.6. The Morgan fingerprint density at radius 1 is 1.00 bits per heavy atom. The van der Waals surface area contributed by atoms with E-state index in [1.165, 1.54) is 36.5 Å². The van der Waals surface area contributed by atoms with E-state index < -0.39 is 38.5 Å². The van der Waals surface area contributed by atoms with Crippen LogP contribution in [0.4, 0.5) is 13.2 Å². The highest BCUT2D eigenvalue weighted by atomic mass is 32.2. The second-order valence-electron chi connectivity index (χ2n) is 8.47. The van der Waals surface area contributed by atoms with Crippen LogP contribution in [0.5, 0.6) is 11.5 Å². The van der Waals surface area contributed by atoms with Gasteiger partial charge in [0, 0.05) is 6.20 Å². The number of sulfone groups is 1. The van der Waals surface area contributed by atoms with Crippen molar-refractivity contribution in [3.05, 3.63) is 84.2 Å². The number of aliphatic hydroxyl groups excluding tert-OH is 1. The third kappa shape index (κ3) is 5.60. The first-order valence-corrected chi connectivity index (χ1v) is 12.8. The first-order chi connectivity index (χ1) is 17.5. The van der Waals surface area contributed by atoms with Gasteiger partial charge in [-0.1, -0.05) is 6.07 Å². The van der Waals surface area contributed by atoms with Gasteiger partial charge in [0.1, 0.15) is 11.5 Å². The van der Waals surface area contributed by atoms with Crippen molar-refractivity contribution in [2.24, 2.45) is 0 Å². The molecule has 8 nitrogen and oxygen atoms in total. The molecular formula is C25H24F3N3O5S. The van der Waals surface area contributed by atoms with Gasteiger partial charge < -0.3 is 20.5 Å². The fourth-order valence-electron chi connectivity index (χ4n) is 4.08. The summed E-state index contributed by atoms with van der Waals surface area (Å²) in [7, 11) is -4.23. The number of pyridine rings is 1. The van der Waals surface area contributed by atoms with E-state index in [0.29, 0.717) is 0 Å². The van der Waals surface area contributed by atoms with E-state index in [-0.39, 0.29) is 48.0 Å². The zero-order valence-electron chi connectivity index (χ0n) is 19.4. The molecule has 0 spiro atoms. The highest BCUT2D eigenvalue weighted by molar-refractivity contribution is 7.93. The Balaban J connectivity index is 1.55. The minimum absolute atomic E-state index is 0.0140. The minimum atomic E-state index is -4.47. The molecule has 0 aliphatic carbocycles. The van der Waals surface area contributed by atoms with Crippen LogP contribution in [0.15, 0.2) is 77.8 Å². The number of alkyl halides is 3.